The van der Waals surface area contributed by atoms with Gasteiger partial charge in [0.15, 0.2) is 0 Å². The number of alkyl carbamates (subject to hydrolysis) is 1. The van der Waals surface area contributed by atoms with Gasteiger partial charge in [0.25, 0.3) is 0 Å². The molecule has 0 bridgehead atoms. The molecule has 4 nitrogen and oxygen atoms in total. The maximum Gasteiger partial charge on any atom is 0.407 e. The van der Waals surface area contributed by atoms with Crippen LogP contribution in [0.4, 0.5) is 4.79 Å². The van der Waals surface area contributed by atoms with Crippen molar-refractivity contribution in [2.45, 2.75) is 25.6 Å². The molecule has 1 aromatic rings. The summed E-state index contributed by atoms with van der Waals surface area (Å²) in [6, 6.07) is 10.6. The standard InChI is InChI=1S/C13H18N2O2/c1-10(12-9-17-13(16)14-12)15(2)8-11-6-4-3-5-7-11/h3-7,10,12H,8-9H2,1-2H3,(H,14,16)/t10-,12+/m0/s1. The van der Waals surface area contributed by atoms with Crippen LogP contribution >= 0.6 is 0 Å². The van der Waals surface area contributed by atoms with Crippen LogP contribution in [0, 0.1) is 0 Å². The van der Waals surface area contributed by atoms with Crippen molar-refractivity contribution in [3.05, 3.63) is 35.9 Å². The third-order valence-electron chi connectivity index (χ3n) is 3.25. The van der Waals surface area contributed by atoms with E-state index in [9.17, 15) is 4.79 Å². The van der Waals surface area contributed by atoms with Crippen molar-refractivity contribution in [2.24, 2.45) is 0 Å². The summed E-state index contributed by atoms with van der Waals surface area (Å²) in [6.45, 7) is 3.43. The average Bonchev–Trinajstić information content (AvgIpc) is 2.76. The molecule has 0 unspecified atom stereocenters. The molecular formula is C13H18N2O2. The topological polar surface area (TPSA) is 41.6 Å². The maximum absolute atomic E-state index is 11.0. The second kappa shape index (κ2) is 5.19. The van der Waals surface area contributed by atoms with Gasteiger partial charge in [-0.15, -0.1) is 0 Å². The molecular weight excluding hydrogens is 216 g/mol. The minimum Gasteiger partial charge on any atom is -0.447 e. The van der Waals surface area contributed by atoms with Gasteiger partial charge in [0.1, 0.15) is 6.61 Å². The van der Waals surface area contributed by atoms with Crippen LogP contribution in [0.3, 0.4) is 0 Å². The fourth-order valence-electron chi connectivity index (χ4n) is 1.98. The lowest BCUT2D eigenvalue weighted by Crippen LogP contribution is -2.45. The number of ether oxygens (including phenoxy) is 1. The highest BCUT2D eigenvalue weighted by Crippen LogP contribution is 2.11. The molecule has 0 aromatic heterocycles. The zero-order chi connectivity index (χ0) is 12.3. The van der Waals surface area contributed by atoms with Gasteiger partial charge < -0.3 is 10.1 Å². The highest BCUT2D eigenvalue weighted by atomic mass is 16.6. The Balaban J connectivity index is 1.91. The zero-order valence-electron chi connectivity index (χ0n) is 10.2. The van der Waals surface area contributed by atoms with Crippen LogP contribution in [0.25, 0.3) is 0 Å². The monoisotopic (exact) mass is 234 g/mol. The first-order chi connectivity index (χ1) is 8.16. The number of benzene rings is 1. The normalized spacial score (nSPS) is 21.1. The molecule has 1 fully saturated rings. The Morgan fingerprint density at radius 2 is 2.18 bits per heavy atom. The first kappa shape index (κ1) is 11.9. The van der Waals surface area contributed by atoms with E-state index < -0.39 is 0 Å². The molecule has 17 heavy (non-hydrogen) atoms. The summed E-state index contributed by atoms with van der Waals surface area (Å²) in [5.74, 6) is 0. The number of carbonyl (C=O) groups is 1. The molecule has 0 spiro atoms. The maximum atomic E-state index is 11.0. The van der Waals surface area contributed by atoms with E-state index in [2.05, 4.69) is 36.3 Å². The number of nitrogens with one attached hydrogen (secondary N) is 1. The average molecular weight is 234 g/mol. The molecule has 1 saturated heterocycles. The molecule has 1 heterocycles. The van der Waals surface area contributed by atoms with E-state index in [0.717, 1.165) is 6.54 Å². The van der Waals surface area contributed by atoms with Crippen molar-refractivity contribution in [1.82, 2.24) is 10.2 Å². The molecule has 1 aliphatic rings. The number of cyclic esters (lactones) is 1. The van der Waals surface area contributed by atoms with E-state index in [1.54, 1.807) is 0 Å². The Labute approximate surface area is 102 Å². The molecule has 0 saturated carbocycles. The fourth-order valence-corrected chi connectivity index (χ4v) is 1.98. The van der Waals surface area contributed by atoms with E-state index in [0.29, 0.717) is 6.61 Å². The summed E-state index contributed by atoms with van der Waals surface area (Å²) in [4.78, 5) is 13.2. The van der Waals surface area contributed by atoms with Gasteiger partial charge in [0.2, 0.25) is 0 Å². The summed E-state index contributed by atoms with van der Waals surface area (Å²) in [5.41, 5.74) is 1.27. The fraction of sp³-hybridized carbons (Fsp3) is 0.462. The number of hydrogen-bond donors (Lipinski definition) is 1. The van der Waals surface area contributed by atoms with Gasteiger partial charge in [-0.3, -0.25) is 4.90 Å². The minimum atomic E-state index is -0.310. The minimum absolute atomic E-state index is 0.0798. The van der Waals surface area contributed by atoms with Crippen LogP contribution < -0.4 is 5.32 Å². The number of amides is 1. The molecule has 4 heteroatoms. The summed E-state index contributed by atoms with van der Waals surface area (Å²) >= 11 is 0. The number of carbonyl (C=O) groups excluding carboxylic acids is 1. The highest BCUT2D eigenvalue weighted by Gasteiger charge is 2.29. The predicted molar refractivity (Wildman–Crippen MR) is 65.6 cm³/mol. The Hall–Kier alpha value is -1.55. The second-order valence-corrected chi connectivity index (χ2v) is 4.49. The molecule has 1 N–H and O–H groups in total. The van der Waals surface area contributed by atoms with Crippen LogP contribution in [0.1, 0.15) is 12.5 Å². The SMILES string of the molecule is C[C@@H]([C@H]1COC(=O)N1)N(C)Cc1ccccc1. The van der Waals surface area contributed by atoms with Crippen LogP contribution in [0.15, 0.2) is 30.3 Å². The van der Waals surface area contributed by atoms with Crippen molar-refractivity contribution in [1.29, 1.82) is 0 Å². The Morgan fingerprint density at radius 1 is 1.47 bits per heavy atom. The third-order valence-corrected chi connectivity index (χ3v) is 3.25. The molecule has 92 valence electrons. The third kappa shape index (κ3) is 2.97. The van der Waals surface area contributed by atoms with Crippen LogP contribution in [-0.2, 0) is 11.3 Å². The van der Waals surface area contributed by atoms with Crippen molar-refractivity contribution < 1.29 is 9.53 Å². The first-order valence-electron chi connectivity index (χ1n) is 5.84. The van der Waals surface area contributed by atoms with Gasteiger partial charge in [-0.2, -0.15) is 0 Å². The molecule has 0 radical (unpaired) electrons. The van der Waals surface area contributed by atoms with Crippen molar-refractivity contribution in [3.8, 4) is 0 Å². The molecule has 0 aliphatic carbocycles. The first-order valence-corrected chi connectivity index (χ1v) is 5.84. The van der Waals surface area contributed by atoms with Crippen molar-refractivity contribution >= 4 is 6.09 Å². The van der Waals surface area contributed by atoms with Gasteiger partial charge in [-0.25, -0.2) is 4.79 Å². The van der Waals surface area contributed by atoms with Gasteiger partial charge in [0.05, 0.1) is 6.04 Å². The lowest BCUT2D eigenvalue weighted by Gasteiger charge is -2.28. The number of rotatable bonds is 4. The molecule has 1 aliphatic heterocycles. The lowest BCUT2D eigenvalue weighted by atomic mass is 10.1. The highest BCUT2D eigenvalue weighted by molar-refractivity contribution is 5.69. The number of nitrogens with zero attached hydrogens (tertiary/aromatic N) is 1. The summed E-state index contributed by atoms with van der Waals surface area (Å²) < 4.78 is 4.91. The van der Waals surface area contributed by atoms with Gasteiger partial charge >= 0.3 is 6.09 Å². The number of likely N-dealkylation sites (N-methyl/N-ethyl adjacent to an activating group) is 1. The molecule has 1 aromatic carbocycles. The number of hydrogen-bond acceptors (Lipinski definition) is 3. The van der Waals surface area contributed by atoms with Crippen molar-refractivity contribution in [2.75, 3.05) is 13.7 Å². The van der Waals surface area contributed by atoms with Crippen molar-refractivity contribution in [3.63, 3.8) is 0 Å². The quantitative estimate of drug-likeness (QED) is 0.860. The predicted octanol–water partition coefficient (Wildman–Crippen LogP) is 1.62. The zero-order valence-corrected chi connectivity index (χ0v) is 10.2. The summed E-state index contributed by atoms with van der Waals surface area (Å²) in [6.07, 6.45) is -0.310. The smallest absolute Gasteiger partial charge is 0.407 e. The van der Waals surface area contributed by atoms with Gasteiger partial charge in [-0.05, 0) is 19.5 Å². The van der Waals surface area contributed by atoms with E-state index >= 15 is 0 Å². The summed E-state index contributed by atoms with van der Waals surface area (Å²) in [5, 5.41) is 2.82. The van der Waals surface area contributed by atoms with E-state index in [1.165, 1.54) is 5.56 Å². The lowest BCUT2D eigenvalue weighted by molar-refractivity contribution is 0.167. The Bertz CT molecular complexity index is 380. The Kier molecular flexibility index (Phi) is 3.64. The largest absolute Gasteiger partial charge is 0.447 e. The molecule has 1 amide bonds. The van der Waals surface area contributed by atoms with E-state index in [1.807, 2.05) is 18.2 Å². The van der Waals surface area contributed by atoms with Crippen LogP contribution in [0.5, 0.6) is 0 Å². The Morgan fingerprint density at radius 3 is 2.76 bits per heavy atom. The van der Waals surface area contributed by atoms with E-state index in [-0.39, 0.29) is 18.2 Å². The van der Waals surface area contributed by atoms with Crippen LogP contribution in [0.2, 0.25) is 0 Å². The molecule has 2 atom stereocenters. The summed E-state index contributed by atoms with van der Waals surface area (Å²) in [7, 11) is 2.06. The second-order valence-electron chi connectivity index (χ2n) is 4.49. The van der Waals surface area contributed by atoms with Crippen LogP contribution in [-0.4, -0.2) is 36.7 Å². The molecule has 2 rings (SSSR count). The van der Waals surface area contributed by atoms with Gasteiger partial charge in [0, 0.05) is 12.6 Å². The van der Waals surface area contributed by atoms with E-state index in [4.69, 9.17) is 4.74 Å². The van der Waals surface area contributed by atoms with Gasteiger partial charge in [-0.1, -0.05) is 30.3 Å².